The van der Waals surface area contributed by atoms with Gasteiger partial charge in [-0.25, -0.2) is 4.98 Å². The van der Waals surface area contributed by atoms with Crippen LogP contribution in [-0.2, 0) is 0 Å². The number of aryl methyl sites for hydroxylation is 1. The van der Waals surface area contributed by atoms with Gasteiger partial charge in [0, 0.05) is 31.3 Å². The second-order valence-corrected chi connectivity index (χ2v) is 4.25. The number of carbonyl (C=O) groups is 1. The van der Waals surface area contributed by atoms with Crippen molar-refractivity contribution in [3.05, 3.63) is 29.6 Å². The van der Waals surface area contributed by atoms with Gasteiger partial charge in [0.1, 0.15) is 5.69 Å². The van der Waals surface area contributed by atoms with Crippen molar-refractivity contribution < 1.29 is 9.90 Å². The van der Waals surface area contributed by atoms with E-state index in [0.717, 1.165) is 18.7 Å². The molecule has 1 unspecified atom stereocenters. The van der Waals surface area contributed by atoms with Crippen molar-refractivity contribution in [2.24, 2.45) is 5.92 Å². The van der Waals surface area contributed by atoms with Crippen LogP contribution >= 0.6 is 0 Å². The van der Waals surface area contributed by atoms with Crippen LogP contribution < -0.4 is 0 Å². The lowest BCUT2D eigenvalue weighted by molar-refractivity contribution is 0.0776. The quantitative estimate of drug-likeness (QED) is 0.803. The third-order valence-corrected chi connectivity index (χ3v) is 2.94. The first-order chi connectivity index (χ1) is 7.70. The predicted molar refractivity (Wildman–Crippen MR) is 60.1 cm³/mol. The van der Waals surface area contributed by atoms with Crippen LogP contribution in [0.15, 0.2) is 18.2 Å². The number of likely N-dealkylation sites (tertiary alicyclic amines) is 1. The fourth-order valence-electron chi connectivity index (χ4n) is 1.99. The fourth-order valence-corrected chi connectivity index (χ4v) is 1.99. The summed E-state index contributed by atoms with van der Waals surface area (Å²) < 4.78 is 0. The van der Waals surface area contributed by atoms with Crippen molar-refractivity contribution in [3.8, 4) is 0 Å². The summed E-state index contributed by atoms with van der Waals surface area (Å²) in [5.41, 5.74) is 1.35. The molecule has 1 saturated heterocycles. The van der Waals surface area contributed by atoms with Crippen molar-refractivity contribution >= 4 is 5.91 Å². The molecule has 1 N–H and O–H groups in total. The first kappa shape index (κ1) is 11.1. The summed E-state index contributed by atoms with van der Waals surface area (Å²) in [5, 5.41) is 9.03. The molecule has 2 heterocycles. The largest absolute Gasteiger partial charge is 0.396 e. The molecule has 1 aliphatic rings. The summed E-state index contributed by atoms with van der Waals surface area (Å²) in [4.78, 5) is 18.0. The van der Waals surface area contributed by atoms with Gasteiger partial charge in [0.2, 0.25) is 0 Å². The number of aromatic nitrogens is 1. The molecule has 1 aliphatic heterocycles. The first-order valence-electron chi connectivity index (χ1n) is 5.54. The Kier molecular flexibility index (Phi) is 3.19. The van der Waals surface area contributed by atoms with Gasteiger partial charge < -0.3 is 10.0 Å². The van der Waals surface area contributed by atoms with Gasteiger partial charge in [-0.1, -0.05) is 6.07 Å². The summed E-state index contributed by atoms with van der Waals surface area (Å²) in [6.07, 6.45) is 0.883. The highest BCUT2D eigenvalue weighted by Crippen LogP contribution is 2.17. The fraction of sp³-hybridized carbons (Fsp3) is 0.500. The normalized spacial score (nSPS) is 20.1. The molecule has 1 atom stereocenters. The van der Waals surface area contributed by atoms with E-state index in [2.05, 4.69) is 4.98 Å². The van der Waals surface area contributed by atoms with E-state index < -0.39 is 0 Å². The molecule has 1 aromatic rings. The molecule has 2 rings (SSSR count). The lowest BCUT2D eigenvalue weighted by atomic mass is 10.1. The molecule has 16 heavy (non-hydrogen) atoms. The zero-order valence-electron chi connectivity index (χ0n) is 9.39. The van der Waals surface area contributed by atoms with Crippen LogP contribution in [0.3, 0.4) is 0 Å². The summed E-state index contributed by atoms with van der Waals surface area (Å²) in [7, 11) is 0. The Morgan fingerprint density at radius 2 is 2.44 bits per heavy atom. The Labute approximate surface area is 94.9 Å². The predicted octanol–water partition coefficient (Wildman–Crippen LogP) is 0.844. The van der Waals surface area contributed by atoms with Crippen LogP contribution in [0.1, 0.15) is 22.6 Å². The summed E-state index contributed by atoms with van der Waals surface area (Å²) in [5.74, 6) is 0.202. The lowest BCUT2D eigenvalue weighted by Gasteiger charge is -2.15. The number of rotatable bonds is 2. The third kappa shape index (κ3) is 2.22. The monoisotopic (exact) mass is 220 g/mol. The van der Waals surface area contributed by atoms with Gasteiger partial charge in [0.25, 0.3) is 5.91 Å². The number of aliphatic hydroxyl groups excluding tert-OH is 1. The molecule has 1 fully saturated rings. The van der Waals surface area contributed by atoms with Gasteiger partial charge in [-0.15, -0.1) is 0 Å². The van der Waals surface area contributed by atoms with Crippen molar-refractivity contribution in [2.75, 3.05) is 19.7 Å². The van der Waals surface area contributed by atoms with Crippen LogP contribution in [-0.4, -0.2) is 40.6 Å². The average Bonchev–Trinajstić information content (AvgIpc) is 2.76. The van der Waals surface area contributed by atoms with Gasteiger partial charge in [-0.2, -0.15) is 0 Å². The number of nitrogens with zero attached hydrogens (tertiary/aromatic N) is 2. The molecule has 0 radical (unpaired) electrons. The van der Waals surface area contributed by atoms with Crippen LogP contribution in [0.4, 0.5) is 0 Å². The second kappa shape index (κ2) is 4.61. The van der Waals surface area contributed by atoms with E-state index >= 15 is 0 Å². The number of pyridine rings is 1. The van der Waals surface area contributed by atoms with E-state index in [-0.39, 0.29) is 18.4 Å². The molecule has 0 aromatic carbocycles. The minimum Gasteiger partial charge on any atom is -0.396 e. The van der Waals surface area contributed by atoms with Crippen molar-refractivity contribution in [1.82, 2.24) is 9.88 Å². The number of hydrogen-bond acceptors (Lipinski definition) is 3. The number of aliphatic hydroxyl groups is 1. The van der Waals surface area contributed by atoms with E-state index in [0.29, 0.717) is 12.2 Å². The van der Waals surface area contributed by atoms with Gasteiger partial charge in [0.05, 0.1) is 0 Å². The van der Waals surface area contributed by atoms with Gasteiger partial charge in [-0.3, -0.25) is 4.79 Å². The van der Waals surface area contributed by atoms with Gasteiger partial charge >= 0.3 is 0 Å². The zero-order chi connectivity index (χ0) is 11.5. The molecule has 0 aliphatic carbocycles. The maximum absolute atomic E-state index is 12.0. The summed E-state index contributed by atoms with van der Waals surface area (Å²) >= 11 is 0. The summed E-state index contributed by atoms with van der Waals surface area (Å²) in [6.45, 7) is 3.40. The highest BCUT2D eigenvalue weighted by atomic mass is 16.3. The van der Waals surface area contributed by atoms with Gasteiger partial charge in [-0.05, 0) is 25.5 Å². The van der Waals surface area contributed by atoms with Crippen molar-refractivity contribution in [2.45, 2.75) is 13.3 Å². The number of hydrogen-bond donors (Lipinski definition) is 1. The molecule has 0 saturated carbocycles. The highest BCUT2D eigenvalue weighted by Gasteiger charge is 2.26. The molecule has 0 bridgehead atoms. The molecule has 1 aromatic heterocycles. The second-order valence-electron chi connectivity index (χ2n) is 4.25. The van der Waals surface area contributed by atoms with E-state index in [9.17, 15) is 4.79 Å². The Bertz CT molecular complexity index is 392. The SMILES string of the molecule is Cc1cccc(C(=O)N2CCC(CO)C2)n1. The molecular formula is C12H16N2O2. The van der Waals surface area contributed by atoms with E-state index in [4.69, 9.17) is 5.11 Å². The highest BCUT2D eigenvalue weighted by molar-refractivity contribution is 5.92. The number of carbonyl (C=O) groups excluding carboxylic acids is 1. The lowest BCUT2D eigenvalue weighted by Crippen LogP contribution is -2.29. The van der Waals surface area contributed by atoms with E-state index in [1.807, 2.05) is 19.1 Å². The van der Waals surface area contributed by atoms with E-state index in [1.165, 1.54) is 0 Å². The van der Waals surface area contributed by atoms with Crippen molar-refractivity contribution in [1.29, 1.82) is 0 Å². The number of amides is 1. The molecule has 0 spiro atoms. The van der Waals surface area contributed by atoms with Crippen LogP contribution in [0.2, 0.25) is 0 Å². The Morgan fingerprint density at radius 1 is 1.62 bits per heavy atom. The molecule has 1 amide bonds. The third-order valence-electron chi connectivity index (χ3n) is 2.94. The molecule has 4 heteroatoms. The average molecular weight is 220 g/mol. The minimum absolute atomic E-state index is 0.0281. The van der Waals surface area contributed by atoms with Crippen molar-refractivity contribution in [3.63, 3.8) is 0 Å². The molecule has 4 nitrogen and oxygen atoms in total. The maximum atomic E-state index is 12.0. The Morgan fingerprint density at radius 3 is 3.06 bits per heavy atom. The topological polar surface area (TPSA) is 53.4 Å². The Balaban J connectivity index is 2.08. The minimum atomic E-state index is -0.0281. The summed E-state index contributed by atoms with van der Waals surface area (Å²) in [6, 6.07) is 5.45. The van der Waals surface area contributed by atoms with E-state index in [1.54, 1.807) is 11.0 Å². The zero-order valence-corrected chi connectivity index (χ0v) is 9.39. The van der Waals surface area contributed by atoms with Crippen LogP contribution in [0.25, 0.3) is 0 Å². The smallest absolute Gasteiger partial charge is 0.272 e. The van der Waals surface area contributed by atoms with Crippen LogP contribution in [0.5, 0.6) is 0 Å². The van der Waals surface area contributed by atoms with Crippen LogP contribution in [0, 0.1) is 12.8 Å². The Hall–Kier alpha value is -1.42. The maximum Gasteiger partial charge on any atom is 0.272 e. The van der Waals surface area contributed by atoms with Gasteiger partial charge in [0.15, 0.2) is 0 Å². The molecule has 86 valence electrons. The molecular weight excluding hydrogens is 204 g/mol. The first-order valence-corrected chi connectivity index (χ1v) is 5.54. The standard InChI is InChI=1S/C12H16N2O2/c1-9-3-2-4-11(13-9)12(16)14-6-5-10(7-14)8-15/h2-4,10,15H,5-8H2,1H3.